The number of carbonyl (C=O) groups excluding carboxylic acids is 2. The second-order valence-corrected chi connectivity index (χ2v) is 12.4. The van der Waals surface area contributed by atoms with Crippen LogP contribution in [0.2, 0.25) is 0 Å². The topological polar surface area (TPSA) is 71.1 Å². The molecule has 0 N–H and O–H groups in total. The summed E-state index contributed by atoms with van der Waals surface area (Å²) in [5.74, 6) is 14.2. The van der Waals surface area contributed by atoms with Crippen LogP contribution < -0.4 is 4.74 Å². The molecule has 0 bridgehead atoms. The molecule has 3 rings (SSSR count). The number of hydrogen-bond acceptors (Lipinski definition) is 6. The minimum Gasteiger partial charge on any atom is -0.457 e. The van der Waals surface area contributed by atoms with E-state index in [1.165, 1.54) is 0 Å². The summed E-state index contributed by atoms with van der Waals surface area (Å²) in [5.41, 5.74) is 12.4. The lowest BCUT2D eigenvalue weighted by molar-refractivity contribution is -0.157. The highest BCUT2D eigenvalue weighted by Crippen LogP contribution is 2.33. The molecule has 6 heteroatoms. The van der Waals surface area contributed by atoms with Crippen LogP contribution in [0.1, 0.15) is 101 Å². The zero-order valence-corrected chi connectivity index (χ0v) is 29.3. The van der Waals surface area contributed by atoms with Crippen LogP contribution in [0.4, 0.5) is 0 Å². The molecule has 1 aliphatic rings. The Morgan fingerprint density at radius 1 is 0.609 bits per heavy atom. The van der Waals surface area contributed by atoms with Gasteiger partial charge in [-0.15, -0.1) is 0 Å². The fraction of sp³-hybridized carbons (Fsp3) is 0.450. The van der Waals surface area contributed by atoms with Gasteiger partial charge in [-0.2, -0.15) is 0 Å². The van der Waals surface area contributed by atoms with E-state index in [0.717, 1.165) is 86.9 Å². The number of ether oxygens (including phenoxy) is 4. The van der Waals surface area contributed by atoms with Gasteiger partial charge in [0.15, 0.2) is 6.79 Å². The van der Waals surface area contributed by atoms with E-state index in [1.54, 1.807) is 13.8 Å². The van der Waals surface area contributed by atoms with Crippen molar-refractivity contribution < 1.29 is 28.5 Å². The van der Waals surface area contributed by atoms with Crippen molar-refractivity contribution >= 4 is 11.9 Å². The van der Waals surface area contributed by atoms with Gasteiger partial charge in [0.05, 0.1) is 6.10 Å². The summed E-state index contributed by atoms with van der Waals surface area (Å²) >= 11 is 0. The lowest BCUT2D eigenvalue weighted by Crippen LogP contribution is -2.23. The van der Waals surface area contributed by atoms with Crippen molar-refractivity contribution in [1.82, 2.24) is 0 Å². The first-order chi connectivity index (χ1) is 21.6. The molecular formula is C40H48O6. The Balaban J connectivity index is 1.78. The molecule has 2 aromatic carbocycles. The lowest BCUT2D eigenvalue weighted by Gasteiger charge is -2.25. The Morgan fingerprint density at radius 3 is 1.43 bits per heavy atom. The minimum atomic E-state index is -0.478. The van der Waals surface area contributed by atoms with E-state index in [4.69, 9.17) is 18.9 Å². The standard InChI is InChI=1S/C40H48O6/c1-23(2)39(41)45-21-43-34-16-13-33(14-17-34)15-18-35-25(5)27(7)36(28(8)26(35)6)19-20-37-29(9)31(11)38(32(12)30(37)10)44-22-46-40(42)24(3)4/h33-34H,1,3,13-14,16-17,21-22H2,2,4-12H3. The SMILES string of the molecule is C=C(C)C(=O)OCOc1c(C)c(C)c(C#Cc2c(C)c(C)c(C#CC3CCC(OCOC(=O)C(=C)C)CC3)c(C)c2C)c(C)c1C. The van der Waals surface area contributed by atoms with Crippen molar-refractivity contribution in [1.29, 1.82) is 0 Å². The quantitative estimate of drug-likeness (QED) is 0.128. The molecule has 0 heterocycles. The van der Waals surface area contributed by atoms with Gasteiger partial charge in [-0.1, -0.05) is 36.8 Å². The van der Waals surface area contributed by atoms with Crippen LogP contribution in [0.15, 0.2) is 24.3 Å². The van der Waals surface area contributed by atoms with E-state index < -0.39 is 11.9 Å². The molecular weight excluding hydrogens is 576 g/mol. The Bertz CT molecular complexity index is 1620. The normalized spacial score (nSPS) is 15.5. The number of hydrogen-bond donors (Lipinski definition) is 0. The van der Waals surface area contributed by atoms with Gasteiger partial charge in [0.1, 0.15) is 5.75 Å². The molecule has 1 saturated carbocycles. The van der Waals surface area contributed by atoms with Gasteiger partial charge in [-0.3, -0.25) is 0 Å². The molecule has 46 heavy (non-hydrogen) atoms. The van der Waals surface area contributed by atoms with Crippen molar-refractivity contribution in [2.45, 2.75) is 101 Å². The monoisotopic (exact) mass is 624 g/mol. The van der Waals surface area contributed by atoms with Gasteiger partial charge >= 0.3 is 11.9 Å². The van der Waals surface area contributed by atoms with Crippen LogP contribution in [0, 0.1) is 85.0 Å². The number of esters is 2. The first kappa shape index (κ1) is 36.2. The molecule has 0 spiro atoms. The average molecular weight is 625 g/mol. The minimum absolute atomic E-state index is 0.0360. The number of benzene rings is 2. The molecule has 1 aliphatic carbocycles. The highest BCUT2D eigenvalue weighted by Gasteiger charge is 2.22. The summed E-state index contributed by atoms with van der Waals surface area (Å²) < 4.78 is 21.9. The fourth-order valence-electron chi connectivity index (χ4n) is 5.61. The highest BCUT2D eigenvalue weighted by molar-refractivity contribution is 5.87. The Labute approximate surface area is 275 Å². The van der Waals surface area contributed by atoms with Crippen LogP contribution in [0.5, 0.6) is 5.75 Å². The lowest BCUT2D eigenvalue weighted by atomic mass is 9.86. The van der Waals surface area contributed by atoms with Gasteiger partial charge in [0.25, 0.3) is 0 Å². The fourth-order valence-corrected chi connectivity index (χ4v) is 5.61. The van der Waals surface area contributed by atoms with E-state index in [0.29, 0.717) is 22.8 Å². The Morgan fingerprint density at radius 2 is 1.00 bits per heavy atom. The van der Waals surface area contributed by atoms with Crippen LogP contribution in [-0.2, 0) is 23.8 Å². The van der Waals surface area contributed by atoms with Crippen LogP contribution in [-0.4, -0.2) is 31.6 Å². The van der Waals surface area contributed by atoms with Gasteiger partial charge < -0.3 is 18.9 Å². The Hall–Kier alpha value is -4.26. The first-order valence-electron chi connectivity index (χ1n) is 15.8. The summed E-state index contributed by atoms with van der Waals surface area (Å²) in [5, 5.41) is 0. The van der Waals surface area contributed by atoms with Gasteiger partial charge in [0.2, 0.25) is 6.79 Å². The summed E-state index contributed by atoms with van der Waals surface area (Å²) in [6.07, 6.45) is 3.76. The van der Waals surface area contributed by atoms with E-state index in [-0.39, 0.29) is 19.7 Å². The molecule has 1 fully saturated rings. The van der Waals surface area contributed by atoms with E-state index in [2.05, 4.69) is 64.5 Å². The largest absolute Gasteiger partial charge is 0.457 e. The maximum Gasteiger partial charge on any atom is 0.335 e. The second-order valence-electron chi connectivity index (χ2n) is 12.4. The van der Waals surface area contributed by atoms with Crippen molar-refractivity contribution in [3.05, 3.63) is 85.5 Å². The summed E-state index contributed by atoms with van der Waals surface area (Å²) in [6, 6.07) is 0. The predicted molar refractivity (Wildman–Crippen MR) is 183 cm³/mol. The molecule has 0 saturated heterocycles. The molecule has 0 aromatic heterocycles. The number of rotatable bonds is 8. The van der Waals surface area contributed by atoms with Gasteiger partial charge in [0, 0.05) is 33.8 Å². The van der Waals surface area contributed by atoms with Crippen molar-refractivity contribution in [3.63, 3.8) is 0 Å². The summed E-state index contributed by atoms with van der Waals surface area (Å²) in [4.78, 5) is 23.3. The van der Waals surface area contributed by atoms with Gasteiger partial charge in [-0.05, 0) is 139 Å². The third-order valence-electron chi connectivity index (χ3n) is 9.15. The number of carbonyl (C=O) groups is 2. The van der Waals surface area contributed by atoms with E-state index in [9.17, 15) is 9.59 Å². The zero-order chi connectivity index (χ0) is 34.3. The van der Waals surface area contributed by atoms with E-state index >= 15 is 0 Å². The van der Waals surface area contributed by atoms with E-state index in [1.807, 2.05) is 27.7 Å². The predicted octanol–water partition coefficient (Wildman–Crippen LogP) is 8.01. The summed E-state index contributed by atoms with van der Waals surface area (Å²) in [6.45, 7) is 26.8. The molecule has 2 aromatic rings. The zero-order valence-electron chi connectivity index (χ0n) is 29.3. The second kappa shape index (κ2) is 15.8. The molecule has 0 amide bonds. The Kier molecular flexibility index (Phi) is 12.5. The highest BCUT2D eigenvalue weighted by atomic mass is 16.7. The third-order valence-corrected chi connectivity index (χ3v) is 9.15. The maximum absolute atomic E-state index is 11.8. The van der Waals surface area contributed by atoms with Crippen LogP contribution in [0.3, 0.4) is 0 Å². The van der Waals surface area contributed by atoms with Crippen LogP contribution in [0.25, 0.3) is 0 Å². The molecule has 0 unspecified atom stereocenters. The smallest absolute Gasteiger partial charge is 0.335 e. The molecule has 0 aliphatic heterocycles. The molecule has 0 radical (unpaired) electrons. The third kappa shape index (κ3) is 8.51. The van der Waals surface area contributed by atoms with Crippen molar-refractivity contribution in [3.8, 4) is 29.4 Å². The maximum atomic E-state index is 11.8. The van der Waals surface area contributed by atoms with Crippen LogP contribution >= 0.6 is 0 Å². The molecule has 6 nitrogen and oxygen atoms in total. The van der Waals surface area contributed by atoms with Gasteiger partial charge in [-0.25, -0.2) is 9.59 Å². The average Bonchev–Trinajstić information content (AvgIpc) is 3.02. The van der Waals surface area contributed by atoms with Crippen molar-refractivity contribution in [2.75, 3.05) is 13.6 Å². The van der Waals surface area contributed by atoms with Crippen molar-refractivity contribution in [2.24, 2.45) is 5.92 Å². The molecule has 244 valence electrons. The first-order valence-corrected chi connectivity index (χ1v) is 15.8. The summed E-state index contributed by atoms with van der Waals surface area (Å²) in [7, 11) is 0. The molecule has 0 atom stereocenters.